The number of anilines is 1. The first-order chi connectivity index (χ1) is 9.38. The quantitative estimate of drug-likeness (QED) is 0.648. The van der Waals surface area contributed by atoms with E-state index in [-0.39, 0.29) is 21.8 Å². The normalized spacial score (nSPS) is 12.2. The van der Waals surface area contributed by atoms with Gasteiger partial charge in [0.15, 0.2) is 5.75 Å². The van der Waals surface area contributed by atoms with E-state index in [1.165, 1.54) is 0 Å². The van der Waals surface area contributed by atoms with Crippen LogP contribution in [0.2, 0.25) is 20.1 Å². The average molecular weight is 351 g/mol. The lowest BCUT2D eigenvalue weighted by Gasteiger charge is -2.18. The van der Waals surface area contributed by atoms with E-state index in [4.69, 9.17) is 46.4 Å². The molecule has 6 heteroatoms. The average Bonchev–Trinajstić information content (AvgIpc) is 2.35. The van der Waals surface area contributed by atoms with E-state index >= 15 is 0 Å². The molecule has 0 aliphatic carbocycles. The number of phenols is 1. The van der Waals surface area contributed by atoms with Gasteiger partial charge in [0.1, 0.15) is 0 Å². The highest BCUT2D eigenvalue weighted by atomic mass is 35.5. The summed E-state index contributed by atoms with van der Waals surface area (Å²) in [6, 6.07) is 8.44. The van der Waals surface area contributed by atoms with Crippen molar-refractivity contribution >= 4 is 52.1 Å². The predicted molar refractivity (Wildman–Crippen MR) is 86.6 cm³/mol. The zero-order chi connectivity index (χ0) is 14.9. The smallest absolute Gasteiger partial charge is 0.152 e. The third-order valence-corrected chi connectivity index (χ3v) is 3.97. The zero-order valence-electron chi connectivity index (χ0n) is 10.4. The maximum atomic E-state index is 9.53. The summed E-state index contributed by atoms with van der Waals surface area (Å²) in [5.41, 5.74) is 1.59. The second-order valence-electron chi connectivity index (χ2n) is 4.32. The van der Waals surface area contributed by atoms with Crippen LogP contribution in [0.25, 0.3) is 0 Å². The summed E-state index contributed by atoms with van der Waals surface area (Å²) in [6.07, 6.45) is 0. The molecule has 0 fully saturated rings. The van der Waals surface area contributed by atoms with E-state index in [2.05, 4.69) is 5.32 Å². The van der Waals surface area contributed by atoms with Gasteiger partial charge in [-0.2, -0.15) is 0 Å². The largest absolute Gasteiger partial charge is 0.505 e. The van der Waals surface area contributed by atoms with Crippen LogP contribution >= 0.6 is 46.4 Å². The van der Waals surface area contributed by atoms with Gasteiger partial charge in [0, 0.05) is 21.8 Å². The number of aromatic hydroxyl groups is 1. The van der Waals surface area contributed by atoms with Crippen LogP contribution in [0.1, 0.15) is 18.5 Å². The molecule has 106 valence electrons. The van der Waals surface area contributed by atoms with Crippen LogP contribution in [0.15, 0.2) is 30.3 Å². The Morgan fingerprint density at radius 1 is 0.950 bits per heavy atom. The van der Waals surface area contributed by atoms with Crippen LogP contribution in [0.4, 0.5) is 5.69 Å². The standard InChI is InChI=1S/C14H11Cl4NO/c1-7(10-3-2-8(15)4-11(10)16)19-9-5-12(17)14(20)13(18)6-9/h2-7,19-20H,1H3. The number of nitrogens with one attached hydrogen (secondary N) is 1. The molecule has 2 aromatic carbocycles. The highest BCUT2D eigenvalue weighted by Crippen LogP contribution is 2.36. The van der Waals surface area contributed by atoms with Gasteiger partial charge in [-0.25, -0.2) is 0 Å². The third kappa shape index (κ3) is 3.44. The Kier molecular flexibility index (Phi) is 4.92. The number of rotatable bonds is 3. The fraction of sp³-hybridized carbons (Fsp3) is 0.143. The Bertz CT molecular complexity index is 622. The number of hydrogen-bond acceptors (Lipinski definition) is 2. The zero-order valence-corrected chi connectivity index (χ0v) is 13.4. The van der Waals surface area contributed by atoms with Crippen molar-refractivity contribution in [1.29, 1.82) is 0 Å². The molecule has 2 nitrogen and oxygen atoms in total. The van der Waals surface area contributed by atoms with Crippen LogP contribution in [-0.4, -0.2) is 5.11 Å². The summed E-state index contributed by atoms with van der Waals surface area (Å²) in [6.45, 7) is 1.95. The van der Waals surface area contributed by atoms with E-state index in [0.29, 0.717) is 15.7 Å². The summed E-state index contributed by atoms with van der Waals surface area (Å²) in [7, 11) is 0. The molecule has 2 rings (SSSR count). The van der Waals surface area contributed by atoms with Gasteiger partial charge in [-0.1, -0.05) is 52.5 Å². The van der Waals surface area contributed by atoms with Crippen LogP contribution in [0.3, 0.4) is 0 Å². The molecule has 2 N–H and O–H groups in total. The van der Waals surface area contributed by atoms with Crippen molar-refractivity contribution < 1.29 is 5.11 Å². The minimum atomic E-state index is -0.129. The van der Waals surface area contributed by atoms with Crippen LogP contribution < -0.4 is 5.32 Å². The number of hydrogen-bond donors (Lipinski definition) is 2. The van der Waals surface area contributed by atoms with Gasteiger partial charge in [-0.15, -0.1) is 0 Å². The molecule has 0 amide bonds. The fourth-order valence-corrected chi connectivity index (χ4v) is 2.89. The highest BCUT2D eigenvalue weighted by molar-refractivity contribution is 6.37. The summed E-state index contributed by atoms with van der Waals surface area (Å²) >= 11 is 23.8. The van der Waals surface area contributed by atoms with E-state index in [0.717, 1.165) is 5.56 Å². The second kappa shape index (κ2) is 6.31. The fourth-order valence-electron chi connectivity index (χ4n) is 1.83. The first-order valence-corrected chi connectivity index (χ1v) is 7.29. The second-order valence-corrected chi connectivity index (χ2v) is 5.98. The van der Waals surface area contributed by atoms with Crippen molar-refractivity contribution in [3.05, 3.63) is 56.0 Å². The van der Waals surface area contributed by atoms with Crippen molar-refractivity contribution in [2.45, 2.75) is 13.0 Å². The number of benzene rings is 2. The molecule has 1 atom stereocenters. The lowest BCUT2D eigenvalue weighted by atomic mass is 10.1. The highest BCUT2D eigenvalue weighted by Gasteiger charge is 2.12. The summed E-state index contributed by atoms with van der Waals surface area (Å²) in [5, 5.41) is 14.3. The summed E-state index contributed by atoms with van der Waals surface area (Å²) < 4.78 is 0. The van der Waals surface area contributed by atoms with E-state index in [1.54, 1.807) is 24.3 Å². The molecule has 0 saturated heterocycles. The first-order valence-electron chi connectivity index (χ1n) is 5.78. The van der Waals surface area contributed by atoms with Gasteiger partial charge < -0.3 is 10.4 Å². The molecule has 0 aromatic heterocycles. The van der Waals surface area contributed by atoms with Crippen LogP contribution in [0, 0.1) is 0 Å². The van der Waals surface area contributed by atoms with Crippen molar-refractivity contribution in [3.8, 4) is 5.75 Å². The van der Waals surface area contributed by atoms with E-state index in [1.807, 2.05) is 13.0 Å². The van der Waals surface area contributed by atoms with Crippen LogP contribution in [0.5, 0.6) is 5.75 Å². The Morgan fingerprint density at radius 3 is 2.10 bits per heavy atom. The number of phenolic OH excluding ortho intramolecular Hbond substituents is 1. The van der Waals surface area contributed by atoms with Gasteiger partial charge in [-0.3, -0.25) is 0 Å². The van der Waals surface area contributed by atoms with Crippen molar-refractivity contribution in [2.75, 3.05) is 5.32 Å². The monoisotopic (exact) mass is 349 g/mol. The number of halogens is 4. The maximum absolute atomic E-state index is 9.53. The molecule has 20 heavy (non-hydrogen) atoms. The summed E-state index contributed by atoms with van der Waals surface area (Å²) in [4.78, 5) is 0. The van der Waals surface area contributed by atoms with Gasteiger partial charge in [0.05, 0.1) is 10.0 Å². The Hall–Kier alpha value is -0.800. The van der Waals surface area contributed by atoms with Crippen molar-refractivity contribution in [3.63, 3.8) is 0 Å². The van der Waals surface area contributed by atoms with Gasteiger partial charge in [-0.05, 0) is 36.8 Å². The summed E-state index contributed by atoms with van der Waals surface area (Å²) in [5.74, 6) is -0.129. The minimum Gasteiger partial charge on any atom is -0.505 e. The molecule has 0 saturated carbocycles. The molecule has 0 radical (unpaired) electrons. The Balaban J connectivity index is 2.25. The molecule has 0 aliphatic rings. The molecule has 0 spiro atoms. The Morgan fingerprint density at radius 2 is 1.55 bits per heavy atom. The van der Waals surface area contributed by atoms with Gasteiger partial charge >= 0.3 is 0 Å². The maximum Gasteiger partial charge on any atom is 0.152 e. The lowest BCUT2D eigenvalue weighted by molar-refractivity contribution is 0.476. The molecule has 0 aliphatic heterocycles. The third-order valence-electron chi connectivity index (χ3n) is 2.83. The van der Waals surface area contributed by atoms with Gasteiger partial charge in [0.2, 0.25) is 0 Å². The molecule has 0 bridgehead atoms. The van der Waals surface area contributed by atoms with Gasteiger partial charge in [0.25, 0.3) is 0 Å². The molecular formula is C14H11Cl4NO. The topological polar surface area (TPSA) is 32.3 Å². The SMILES string of the molecule is CC(Nc1cc(Cl)c(O)c(Cl)c1)c1ccc(Cl)cc1Cl. The Labute approximate surface area is 137 Å². The predicted octanol–water partition coefficient (Wildman–Crippen LogP) is 6.18. The molecule has 0 heterocycles. The lowest BCUT2D eigenvalue weighted by Crippen LogP contribution is -2.07. The minimum absolute atomic E-state index is 0.0727. The van der Waals surface area contributed by atoms with Crippen LogP contribution in [-0.2, 0) is 0 Å². The molecule has 1 unspecified atom stereocenters. The molecular weight excluding hydrogens is 340 g/mol. The van der Waals surface area contributed by atoms with E-state index in [9.17, 15) is 5.11 Å². The van der Waals surface area contributed by atoms with Crippen molar-refractivity contribution in [2.24, 2.45) is 0 Å². The molecule has 2 aromatic rings. The van der Waals surface area contributed by atoms with Crippen molar-refractivity contribution in [1.82, 2.24) is 0 Å². The first kappa shape index (κ1) is 15.6. The van der Waals surface area contributed by atoms with E-state index < -0.39 is 0 Å².